The highest BCUT2D eigenvalue weighted by atomic mass is 35.5. The van der Waals surface area contributed by atoms with E-state index in [2.05, 4.69) is 20.9 Å². The first kappa shape index (κ1) is 20.5. The van der Waals surface area contributed by atoms with E-state index in [-0.39, 0.29) is 10.8 Å². The Morgan fingerprint density at radius 1 is 1.12 bits per heavy atom. The largest absolute Gasteiger partial charge is 0.480 e. The molecule has 2 aliphatic rings. The summed E-state index contributed by atoms with van der Waals surface area (Å²) in [5.74, 6) is -1.65. The lowest BCUT2D eigenvalue weighted by atomic mass is 10.1. The topological polar surface area (TPSA) is 78.7 Å². The molecule has 1 N–H and O–H groups in total. The minimum absolute atomic E-state index is 0.129. The van der Waals surface area contributed by atoms with Crippen molar-refractivity contribution >= 4 is 34.2 Å². The van der Waals surface area contributed by atoms with Gasteiger partial charge in [0.05, 0.1) is 22.5 Å². The molecule has 0 unspecified atom stereocenters. The minimum atomic E-state index is -1.18. The van der Waals surface area contributed by atoms with Gasteiger partial charge in [0.2, 0.25) is 0 Å². The maximum Gasteiger partial charge on any atom is 0.323 e. The molecule has 0 bridgehead atoms. The van der Waals surface area contributed by atoms with E-state index in [1.54, 1.807) is 12.1 Å². The van der Waals surface area contributed by atoms with Crippen LogP contribution in [-0.2, 0) is 11.3 Å². The first-order valence-electron chi connectivity index (χ1n) is 10.3. The van der Waals surface area contributed by atoms with Gasteiger partial charge in [0.1, 0.15) is 18.2 Å². The molecule has 1 saturated heterocycles. The van der Waals surface area contributed by atoms with Crippen LogP contribution in [0, 0.1) is 5.82 Å². The van der Waals surface area contributed by atoms with Crippen LogP contribution in [0.2, 0.25) is 5.02 Å². The van der Waals surface area contributed by atoms with Crippen LogP contribution in [0.25, 0.3) is 22.3 Å². The molecule has 1 aromatic heterocycles. The van der Waals surface area contributed by atoms with E-state index >= 15 is 0 Å². The van der Waals surface area contributed by atoms with Gasteiger partial charge in [-0.1, -0.05) is 17.7 Å². The molecule has 3 heterocycles. The van der Waals surface area contributed by atoms with Gasteiger partial charge in [-0.3, -0.25) is 14.2 Å². The van der Waals surface area contributed by atoms with E-state index < -0.39 is 23.9 Å². The molecule has 5 rings (SSSR count). The molecule has 0 aliphatic carbocycles. The van der Waals surface area contributed by atoms with Crippen LogP contribution >= 0.6 is 11.6 Å². The lowest BCUT2D eigenvalue weighted by Gasteiger charge is -2.37. The fraction of sp³-hybridized carbons (Fsp3) is 0.261. The quantitative estimate of drug-likeness (QED) is 0.651. The fourth-order valence-corrected chi connectivity index (χ4v) is 4.54. The summed E-state index contributed by atoms with van der Waals surface area (Å²) in [7, 11) is 0. The van der Waals surface area contributed by atoms with Gasteiger partial charge < -0.3 is 14.9 Å². The van der Waals surface area contributed by atoms with Crippen LogP contribution in [0.15, 0.2) is 53.0 Å². The number of carbonyl (C=O) groups is 1. The summed E-state index contributed by atoms with van der Waals surface area (Å²) in [4.78, 5) is 34.0. The number of benzene rings is 2. The lowest BCUT2D eigenvalue weighted by molar-refractivity contribution is -0.137. The number of aromatic nitrogens is 2. The Morgan fingerprint density at radius 3 is 2.72 bits per heavy atom. The van der Waals surface area contributed by atoms with Gasteiger partial charge in [-0.05, 0) is 42.8 Å². The Hall–Kier alpha value is -3.39. The first-order valence-corrected chi connectivity index (χ1v) is 10.7. The second-order valence-electron chi connectivity index (χ2n) is 7.94. The zero-order chi connectivity index (χ0) is 22.4. The van der Waals surface area contributed by atoms with Crippen molar-refractivity contribution in [2.75, 3.05) is 31.1 Å². The molecule has 1 fully saturated rings. The smallest absolute Gasteiger partial charge is 0.323 e. The summed E-state index contributed by atoms with van der Waals surface area (Å²) >= 11 is 5.91. The van der Waals surface area contributed by atoms with Crippen molar-refractivity contribution in [3.05, 3.63) is 69.4 Å². The van der Waals surface area contributed by atoms with Crippen molar-refractivity contribution in [2.24, 2.45) is 0 Å². The Labute approximate surface area is 188 Å². The van der Waals surface area contributed by atoms with Crippen LogP contribution in [0.4, 0.5) is 10.1 Å². The third-order valence-corrected chi connectivity index (χ3v) is 6.24. The Balaban J connectivity index is 1.62. The summed E-state index contributed by atoms with van der Waals surface area (Å²) < 4.78 is 14.7. The van der Waals surface area contributed by atoms with E-state index in [1.807, 2.05) is 6.07 Å². The Bertz CT molecular complexity index is 1340. The summed E-state index contributed by atoms with van der Waals surface area (Å²) in [6, 6.07) is 9.39. The van der Waals surface area contributed by atoms with Crippen molar-refractivity contribution in [1.82, 2.24) is 14.5 Å². The second kappa shape index (κ2) is 7.94. The molecular formula is C23H20ClFN4O3. The normalized spacial score (nSPS) is 15.8. The highest BCUT2D eigenvalue weighted by molar-refractivity contribution is 6.31. The number of anilines is 1. The van der Waals surface area contributed by atoms with Crippen molar-refractivity contribution in [3.63, 3.8) is 0 Å². The van der Waals surface area contributed by atoms with Crippen LogP contribution in [0.1, 0.15) is 6.42 Å². The van der Waals surface area contributed by atoms with Crippen molar-refractivity contribution in [2.45, 2.75) is 13.0 Å². The lowest BCUT2D eigenvalue weighted by Crippen LogP contribution is -2.43. The SMILES string of the molecule is O=C(O)Cn1c(-c2ccc(F)c(Cl)c2)nc2ccc(N3CCN4CCC=C4C3)cc2c1=O. The first-order chi connectivity index (χ1) is 15.4. The molecule has 0 saturated carbocycles. The van der Waals surface area contributed by atoms with E-state index in [0.717, 1.165) is 42.9 Å². The molecule has 0 atom stereocenters. The van der Waals surface area contributed by atoms with Crippen LogP contribution < -0.4 is 10.5 Å². The number of carboxylic acids is 1. The average molecular weight is 455 g/mol. The highest BCUT2D eigenvalue weighted by Crippen LogP contribution is 2.28. The third-order valence-electron chi connectivity index (χ3n) is 5.95. The van der Waals surface area contributed by atoms with Crippen molar-refractivity contribution < 1.29 is 14.3 Å². The van der Waals surface area contributed by atoms with E-state index in [1.165, 1.54) is 23.9 Å². The van der Waals surface area contributed by atoms with Crippen molar-refractivity contribution in [3.8, 4) is 11.4 Å². The summed E-state index contributed by atoms with van der Waals surface area (Å²) in [6.45, 7) is 3.03. The predicted molar refractivity (Wildman–Crippen MR) is 121 cm³/mol. The van der Waals surface area contributed by atoms with E-state index in [4.69, 9.17) is 11.6 Å². The molecule has 0 radical (unpaired) electrons. The zero-order valence-electron chi connectivity index (χ0n) is 17.1. The predicted octanol–water partition coefficient (Wildman–Crippen LogP) is 3.35. The summed E-state index contributed by atoms with van der Waals surface area (Å²) in [6.07, 6.45) is 3.30. The number of hydrogen-bond acceptors (Lipinski definition) is 5. The molecule has 2 aliphatic heterocycles. The van der Waals surface area contributed by atoms with Gasteiger partial charge in [-0.25, -0.2) is 9.37 Å². The molecule has 2 aromatic carbocycles. The average Bonchev–Trinajstić information content (AvgIpc) is 3.25. The third kappa shape index (κ3) is 3.60. The molecule has 0 amide bonds. The van der Waals surface area contributed by atoms with E-state index in [0.29, 0.717) is 16.5 Å². The summed E-state index contributed by atoms with van der Waals surface area (Å²) in [5, 5.41) is 9.59. The number of fused-ring (bicyclic) bond motifs is 2. The molecule has 164 valence electrons. The zero-order valence-corrected chi connectivity index (χ0v) is 17.8. The minimum Gasteiger partial charge on any atom is -0.480 e. The van der Waals surface area contributed by atoms with Gasteiger partial charge in [0.25, 0.3) is 5.56 Å². The number of rotatable bonds is 4. The van der Waals surface area contributed by atoms with Crippen LogP contribution in [-0.4, -0.2) is 51.7 Å². The second-order valence-corrected chi connectivity index (χ2v) is 8.35. The fourth-order valence-electron chi connectivity index (χ4n) is 4.36. The molecule has 3 aromatic rings. The van der Waals surface area contributed by atoms with Gasteiger partial charge in [-0.15, -0.1) is 0 Å². The maximum absolute atomic E-state index is 13.6. The number of hydrogen-bond donors (Lipinski definition) is 1. The number of aliphatic carboxylic acids is 1. The summed E-state index contributed by atoms with van der Waals surface area (Å²) in [5.41, 5.74) is 2.53. The standard InChI is InChI=1S/C23H20ClFN4O3/c24-18-10-14(3-5-19(18)25)22-26-20-6-4-15(11-17(20)23(32)29(22)13-21(30)31)28-9-8-27-7-1-2-16(27)12-28/h2-6,10-11H,1,7-9,12-13H2,(H,30,31). The Morgan fingerprint density at radius 2 is 1.94 bits per heavy atom. The number of halogens is 2. The van der Waals surface area contributed by atoms with Gasteiger partial charge >= 0.3 is 5.97 Å². The number of nitrogens with zero attached hydrogens (tertiary/aromatic N) is 4. The van der Waals surface area contributed by atoms with E-state index in [9.17, 15) is 19.1 Å². The molecule has 9 heteroatoms. The van der Waals surface area contributed by atoms with Crippen LogP contribution in [0.3, 0.4) is 0 Å². The maximum atomic E-state index is 13.6. The van der Waals surface area contributed by atoms with Crippen LogP contribution in [0.5, 0.6) is 0 Å². The monoisotopic (exact) mass is 454 g/mol. The Kier molecular flexibility index (Phi) is 5.09. The highest BCUT2D eigenvalue weighted by Gasteiger charge is 2.24. The van der Waals surface area contributed by atoms with Crippen molar-refractivity contribution in [1.29, 1.82) is 0 Å². The molecular weight excluding hydrogens is 435 g/mol. The van der Waals surface area contributed by atoms with Gasteiger partial charge in [0, 0.05) is 36.6 Å². The molecule has 7 nitrogen and oxygen atoms in total. The number of piperazine rings is 1. The number of carboxylic acid groups (broad SMARTS) is 1. The molecule has 32 heavy (non-hydrogen) atoms. The molecule has 0 spiro atoms. The van der Waals surface area contributed by atoms with Gasteiger partial charge in [0.15, 0.2) is 0 Å². The van der Waals surface area contributed by atoms with Gasteiger partial charge in [-0.2, -0.15) is 0 Å².